The molecular formula is C26H41N3O7Si. The number of hydrogen-bond acceptors (Lipinski definition) is 7. The number of carboxylic acid groups (broad SMARTS) is 1. The zero-order valence-electron chi connectivity index (χ0n) is 23.8. The maximum absolute atomic E-state index is 13.2. The second-order valence-corrected chi connectivity index (χ2v) is 18.0. The number of nitrogens with zero attached hydrogens (tertiary/aromatic N) is 3. The smallest absolute Gasteiger partial charge is 0.425 e. The minimum absolute atomic E-state index is 0.0408. The highest BCUT2D eigenvalue weighted by Gasteiger charge is 2.59. The van der Waals surface area contributed by atoms with Crippen LogP contribution in [0.25, 0.3) is 0 Å². The van der Waals surface area contributed by atoms with E-state index in [4.69, 9.17) is 9.47 Å². The van der Waals surface area contributed by atoms with E-state index < -0.39 is 49.6 Å². The molecule has 0 spiro atoms. The molecule has 1 saturated heterocycles. The molecule has 2 rings (SSSR count). The summed E-state index contributed by atoms with van der Waals surface area (Å²) in [5, 5.41) is 9.77. The van der Waals surface area contributed by atoms with Crippen molar-refractivity contribution < 1.29 is 33.8 Å². The normalized spacial score (nSPS) is 18.7. The summed E-state index contributed by atoms with van der Waals surface area (Å²) in [4.78, 5) is 56.3. The molecule has 1 aromatic heterocycles. The SMILES string of the molecule is CC(C)(C)OC(=O)N(C(=O)OC(C)(C)C)c1cc(C[C@H]2C(=O)N([Si](C)(C)C(C)(C)C)[C@@H]2C(=O)O)ccn1. The van der Waals surface area contributed by atoms with Gasteiger partial charge in [0, 0.05) is 6.20 Å². The number of carbonyl (C=O) groups is 4. The third-order valence-corrected chi connectivity index (χ3v) is 11.9. The molecule has 0 aromatic carbocycles. The average molecular weight is 536 g/mol. The third-order valence-electron chi connectivity index (χ3n) is 6.55. The lowest BCUT2D eigenvalue weighted by Gasteiger charge is -2.56. The van der Waals surface area contributed by atoms with Crippen LogP contribution in [-0.4, -0.2) is 64.2 Å². The Morgan fingerprint density at radius 1 is 1.00 bits per heavy atom. The minimum Gasteiger partial charge on any atom is -0.480 e. The molecule has 2 heterocycles. The van der Waals surface area contributed by atoms with E-state index in [1.807, 2.05) is 33.9 Å². The van der Waals surface area contributed by atoms with Crippen molar-refractivity contribution in [2.24, 2.45) is 5.92 Å². The monoisotopic (exact) mass is 535 g/mol. The van der Waals surface area contributed by atoms with Crippen LogP contribution in [0.1, 0.15) is 67.9 Å². The summed E-state index contributed by atoms with van der Waals surface area (Å²) >= 11 is 0. The van der Waals surface area contributed by atoms with E-state index in [1.54, 1.807) is 52.2 Å². The summed E-state index contributed by atoms with van der Waals surface area (Å²) in [5.41, 5.74) is -1.20. The van der Waals surface area contributed by atoms with Crippen LogP contribution in [0, 0.1) is 5.92 Å². The molecule has 0 aliphatic carbocycles. The van der Waals surface area contributed by atoms with Gasteiger partial charge in [-0.2, -0.15) is 4.90 Å². The summed E-state index contributed by atoms with van der Waals surface area (Å²) in [5.74, 6) is -2.05. The Kier molecular flexibility index (Phi) is 8.24. The number of pyridine rings is 1. The molecular weight excluding hydrogens is 494 g/mol. The average Bonchev–Trinajstić information content (AvgIpc) is 2.66. The Labute approximate surface area is 220 Å². The molecule has 0 unspecified atom stereocenters. The Morgan fingerprint density at radius 2 is 1.49 bits per heavy atom. The van der Waals surface area contributed by atoms with Crippen LogP contribution in [0.3, 0.4) is 0 Å². The number of hydrogen-bond donors (Lipinski definition) is 1. The lowest BCUT2D eigenvalue weighted by Crippen LogP contribution is -2.75. The lowest BCUT2D eigenvalue weighted by molar-refractivity contribution is -0.163. The largest absolute Gasteiger partial charge is 0.480 e. The standard InChI is InChI=1S/C26H41N3O7Si/c1-24(2,3)35-22(33)28(23(34)36-25(4,5)6)18-15-16(12-13-27-18)14-17-19(21(31)32)29(20(17)30)37(10,11)26(7,8)9/h12-13,15,17,19H,14H2,1-11H3,(H,31,32)/t17-,19+/m1/s1. The number of carboxylic acids is 1. The van der Waals surface area contributed by atoms with Crippen molar-refractivity contribution in [2.45, 2.75) is 104 Å². The molecule has 206 valence electrons. The molecule has 0 bridgehead atoms. The predicted octanol–water partition coefficient (Wildman–Crippen LogP) is 5.22. The zero-order valence-corrected chi connectivity index (χ0v) is 24.8. The number of rotatable bonds is 5. The van der Waals surface area contributed by atoms with Crippen molar-refractivity contribution in [3.8, 4) is 0 Å². The van der Waals surface area contributed by atoms with Crippen molar-refractivity contribution in [2.75, 3.05) is 4.90 Å². The van der Waals surface area contributed by atoms with Gasteiger partial charge < -0.3 is 19.1 Å². The highest BCUT2D eigenvalue weighted by atomic mass is 28.3. The van der Waals surface area contributed by atoms with Crippen molar-refractivity contribution >= 4 is 38.1 Å². The van der Waals surface area contributed by atoms with Gasteiger partial charge in [-0.3, -0.25) is 4.79 Å². The van der Waals surface area contributed by atoms with E-state index in [9.17, 15) is 24.3 Å². The minimum atomic E-state index is -2.41. The molecule has 2 atom stereocenters. The van der Waals surface area contributed by atoms with Crippen LogP contribution in [-0.2, 0) is 25.5 Å². The second-order valence-electron chi connectivity index (χ2n) is 12.9. The fourth-order valence-corrected chi connectivity index (χ4v) is 6.28. The zero-order chi connectivity index (χ0) is 28.7. The van der Waals surface area contributed by atoms with Gasteiger partial charge in [-0.25, -0.2) is 19.4 Å². The van der Waals surface area contributed by atoms with Crippen LogP contribution in [0.5, 0.6) is 0 Å². The quantitative estimate of drug-likeness (QED) is 0.402. The molecule has 1 fully saturated rings. The van der Waals surface area contributed by atoms with Gasteiger partial charge in [0.25, 0.3) is 0 Å². The summed E-state index contributed by atoms with van der Waals surface area (Å²) in [6.45, 7) is 20.1. The number of carbonyl (C=O) groups excluding carboxylic acids is 3. The molecule has 1 aliphatic heterocycles. The first-order chi connectivity index (χ1) is 16.6. The van der Waals surface area contributed by atoms with Crippen molar-refractivity contribution in [3.63, 3.8) is 0 Å². The van der Waals surface area contributed by atoms with E-state index in [0.29, 0.717) is 10.5 Å². The van der Waals surface area contributed by atoms with Crippen molar-refractivity contribution in [1.82, 2.24) is 9.55 Å². The first-order valence-corrected chi connectivity index (χ1v) is 15.3. The van der Waals surface area contributed by atoms with E-state index >= 15 is 0 Å². The molecule has 37 heavy (non-hydrogen) atoms. The molecule has 11 heteroatoms. The number of ether oxygens (including phenoxy) is 2. The highest BCUT2D eigenvalue weighted by Crippen LogP contribution is 2.45. The topological polar surface area (TPSA) is 126 Å². The fraction of sp³-hybridized carbons (Fsp3) is 0.654. The van der Waals surface area contributed by atoms with Gasteiger partial charge in [-0.1, -0.05) is 33.9 Å². The van der Waals surface area contributed by atoms with Crippen LogP contribution >= 0.6 is 0 Å². The third kappa shape index (κ3) is 6.88. The van der Waals surface area contributed by atoms with Crippen molar-refractivity contribution in [1.29, 1.82) is 0 Å². The number of β-lactam (4-membered cyclic amide) rings is 1. The van der Waals surface area contributed by atoms with Gasteiger partial charge in [0.1, 0.15) is 23.1 Å². The van der Waals surface area contributed by atoms with E-state index in [2.05, 4.69) is 4.98 Å². The number of imide groups is 1. The van der Waals surface area contributed by atoms with Gasteiger partial charge in [0.15, 0.2) is 8.24 Å². The van der Waals surface area contributed by atoms with E-state index in [1.165, 1.54) is 12.3 Å². The van der Waals surface area contributed by atoms with Gasteiger partial charge >= 0.3 is 18.2 Å². The maximum atomic E-state index is 13.2. The first-order valence-electron chi connectivity index (χ1n) is 12.3. The Balaban J connectivity index is 2.40. The van der Waals surface area contributed by atoms with Gasteiger partial charge in [-0.15, -0.1) is 0 Å². The molecule has 0 radical (unpaired) electrons. The van der Waals surface area contributed by atoms with Gasteiger partial charge in [0.2, 0.25) is 5.91 Å². The number of aliphatic carboxylic acids is 1. The fourth-order valence-electron chi connectivity index (χ4n) is 3.86. The van der Waals surface area contributed by atoms with Crippen molar-refractivity contribution in [3.05, 3.63) is 23.9 Å². The van der Waals surface area contributed by atoms with E-state index in [0.717, 1.165) is 0 Å². The van der Waals surface area contributed by atoms with Crippen LogP contribution in [0.15, 0.2) is 18.3 Å². The molecule has 3 amide bonds. The predicted molar refractivity (Wildman–Crippen MR) is 142 cm³/mol. The van der Waals surface area contributed by atoms with Crippen LogP contribution in [0.4, 0.5) is 15.4 Å². The van der Waals surface area contributed by atoms with Crippen LogP contribution in [0.2, 0.25) is 18.1 Å². The molecule has 10 nitrogen and oxygen atoms in total. The summed E-state index contributed by atoms with van der Waals surface area (Å²) in [6, 6.07) is 2.17. The Bertz CT molecular complexity index is 1040. The number of amides is 3. The molecule has 1 aromatic rings. The summed E-state index contributed by atoms with van der Waals surface area (Å²) in [7, 11) is -2.41. The summed E-state index contributed by atoms with van der Waals surface area (Å²) in [6.07, 6.45) is -0.401. The summed E-state index contributed by atoms with van der Waals surface area (Å²) < 4.78 is 12.4. The number of aromatic nitrogens is 1. The molecule has 0 saturated carbocycles. The van der Waals surface area contributed by atoms with Gasteiger partial charge in [-0.05, 0) is 70.7 Å². The maximum Gasteiger partial charge on any atom is 0.425 e. The molecule has 1 aliphatic rings. The Hall–Kier alpha value is -2.95. The highest BCUT2D eigenvalue weighted by molar-refractivity contribution is 6.80. The van der Waals surface area contributed by atoms with E-state index in [-0.39, 0.29) is 23.2 Å². The number of anilines is 1. The van der Waals surface area contributed by atoms with Gasteiger partial charge in [0.05, 0.1) is 5.92 Å². The second kappa shape index (κ2) is 10.1. The Morgan fingerprint density at radius 3 is 1.89 bits per heavy atom. The first kappa shape index (κ1) is 30.3. The lowest BCUT2D eigenvalue weighted by atomic mass is 9.85. The molecule has 1 N–H and O–H groups in total. The van der Waals surface area contributed by atoms with Crippen LogP contribution < -0.4 is 4.90 Å².